The highest BCUT2D eigenvalue weighted by Crippen LogP contribution is 2.18. The first-order valence-electron chi connectivity index (χ1n) is 8.57. The number of unbranched alkanes of at least 4 members (excludes halogenated alkanes) is 8. The number of carboxylic acid groups (broad SMARTS) is 1. The van der Waals surface area contributed by atoms with E-state index in [0.717, 1.165) is 25.3 Å². The first-order valence-corrected chi connectivity index (χ1v) is 10.5. The van der Waals surface area contributed by atoms with Gasteiger partial charge < -0.3 is 18.4 Å². The highest BCUT2D eigenvalue weighted by molar-refractivity contribution is 6.60. The van der Waals surface area contributed by atoms with Crippen molar-refractivity contribution < 1.29 is 23.2 Å². The molecule has 0 aliphatic carbocycles. The molecule has 0 unspecified atom stereocenters. The molecule has 1 N–H and O–H groups in total. The first-order chi connectivity index (χ1) is 11.0. The van der Waals surface area contributed by atoms with Crippen LogP contribution in [0.2, 0.25) is 6.04 Å². The zero-order valence-corrected chi connectivity index (χ0v) is 16.2. The summed E-state index contributed by atoms with van der Waals surface area (Å²) >= 11 is 0. The summed E-state index contributed by atoms with van der Waals surface area (Å²) < 4.78 is 16.2. The van der Waals surface area contributed by atoms with Gasteiger partial charge in [0.15, 0.2) is 0 Å². The monoisotopic (exact) mass is 346 g/mol. The van der Waals surface area contributed by atoms with Crippen LogP contribution in [-0.4, -0.2) is 41.2 Å². The second kappa shape index (κ2) is 13.7. The average Bonchev–Trinajstić information content (AvgIpc) is 2.56. The lowest BCUT2D eigenvalue weighted by molar-refractivity contribution is -0.132. The molecule has 0 bridgehead atoms. The summed E-state index contributed by atoms with van der Waals surface area (Å²) in [6, 6.07) is 0.881. The zero-order chi connectivity index (χ0) is 17.6. The summed E-state index contributed by atoms with van der Waals surface area (Å²) in [6.45, 7) is 1.65. The Labute approximate surface area is 142 Å². The van der Waals surface area contributed by atoms with Gasteiger partial charge in [0.2, 0.25) is 0 Å². The van der Waals surface area contributed by atoms with E-state index in [9.17, 15) is 4.79 Å². The maximum absolute atomic E-state index is 10.6. The van der Waals surface area contributed by atoms with Gasteiger partial charge in [0.05, 0.1) is 0 Å². The van der Waals surface area contributed by atoms with Crippen molar-refractivity contribution in [3.8, 4) is 0 Å². The number of carbonyl (C=O) groups is 1. The van der Waals surface area contributed by atoms with Crippen LogP contribution in [0.1, 0.15) is 64.7 Å². The Bertz CT molecular complexity index is 332. The molecule has 6 heteroatoms. The molecular weight excluding hydrogens is 312 g/mol. The quantitative estimate of drug-likeness (QED) is 0.270. The maximum Gasteiger partial charge on any atom is 0.500 e. The van der Waals surface area contributed by atoms with E-state index in [1.54, 1.807) is 28.3 Å². The van der Waals surface area contributed by atoms with Crippen molar-refractivity contribution in [1.82, 2.24) is 0 Å². The number of hydrogen-bond acceptors (Lipinski definition) is 4. The van der Waals surface area contributed by atoms with Gasteiger partial charge >= 0.3 is 14.8 Å². The average molecular weight is 347 g/mol. The van der Waals surface area contributed by atoms with E-state index in [-0.39, 0.29) is 0 Å². The van der Waals surface area contributed by atoms with Crippen molar-refractivity contribution >= 4 is 14.8 Å². The molecule has 136 valence electrons. The molecular formula is C17H34O5Si. The molecule has 0 rings (SSSR count). The van der Waals surface area contributed by atoms with Gasteiger partial charge in [0, 0.05) is 32.9 Å². The predicted molar refractivity (Wildman–Crippen MR) is 94.5 cm³/mol. The van der Waals surface area contributed by atoms with Crippen molar-refractivity contribution in [3.63, 3.8) is 0 Å². The highest BCUT2D eigenvalue weighted by atomic mass is 28.4. The number of hydrogen-bond donors (Lipinski definition) is 1. The lowest BCUT2D eigenvalue weighted by Gasteiger charge is -2.24. The summed E-state index contributed by atoms with van der Waals surface area (Å²) in [4.78, 5) is 10.6. The van der Waals surface area contributed by atoms with Crippen molar-refractivity contribution in [2.45, 2.75) is 70.8 Å². The Hall–Kier alpha value is -0.693. The molecule has 0 saturated heterocycles. The van der Waals surface area contributed by atoms with E-state index in [1.807, 2.05) is 6.08 Å². The Morgan fingerprint density at radius 1 is 0.870 bits per heavy atom. The number of allylic oxidation sites excluding steroid dienone is 1. The fourth-order valence-electron chi connectivity index (χ4n) is 2.51. The van der Waals surface area contributed by atoms with Crippen molar-refractivity contribution in [2.24, 2.45) is 0 Å². The smallest absolute Gasteiger partial charge is 0.478 e. The normalized spacial score (nSPS) is 12.6. The van der Waals surface area contributed by atoms with Gasteiger partial charge in [-0.3, -0.25) is 0 Å². The molecule has 0 radical (unpaired) electrons. The predicted octanol–water partition coefficient (Wildman–Crippen LogP) is 4.41. The summed E-state index contributed by atoms with van der Waals surface area (Å²) in [5.41, 5.74) is 0.452. The van der Waals surface area contributed by atoms with Crippen LogP contribution >= 0.6 is 0 Å². The molecule has 23 heavy (non-hydrogen) atoms. The van der Waals surface area contributed by atoms with Crippen LogP contribution in [0.15, 0.2) is 11.6 Å². The molecule has 0 aliphatic heterocycles. The zero-order valence-electron chi connectivity index (χ0n) is 15.2. The van der Waals surface area contributed by atoms with Crippen LogP contribution in [-0.2, 0) is 18.1 Å². The van der Waals surface area contributed by atoms with Gasteiger partial charge in [0.1, 0.15) is 0 Å². The minimum atomic E-state index is -2.37. The van der Waals surface area contributed by atoms with Gasteiger partial charge in [-0.25, -0.2) is 4.79 Å². The summed E-state index contributed by atoms with van der Waals surface area (Å²) in [5.74, 6) is -0.813. The molecule has 0 atom stereocenters. The summed E-state index contributed by atoms with van der Waals surface area (Å²) in [7, 11) is 2.60. The Kier molecular flexibility index (Phi) is 13.3. The standard InChI is InChI=1S/C17H34O5Si/c1-16(17(18)19)14-12-10-8-6-5-7-9-11-13-15-23(20-2,21-3)22-4/h14H,5-13,15H2,1-4H3,(H,18,19). The summed E-state index contributed by atoms with van der Waals surface area (Å²) in [5, 5.41) is 8.73. The van der Waals surface area contributed by atoms with E-state index in [2.05, 4.69) is 0 Å². The van der Waals surface area contributed by atoms with Gasteiger partial charge in [0.25, 0.3) is 0 Å². The second-order valence-electron chi connectivity index (χ2n) is 5.85. The molecule has 0 aromatic carbocycles. The summed E-state index contributed by atoms with van der Waals surface area (Å²) in [6.07, 6.45) is 12.2. The molecule has 0 aromatic rings. The lowest BCUT2D eigenvalue weighted by Crippen LogP contribution is -2.42. The van der Waals surface area contributed by atoms with Gasteiger partial charge in [-0.15, -0.1) is 0 Å². The Morgan fingerprint density at radius 3 is 1.74 bits per heavy atom. The van der Waals surface area contributed by atoms with Crippen LogP contribution < -0.4 is 0 Å². The van der Waals surface area contributed by atoms with Crippen LogP contribution in [0, 0.1) is 0 Å². The molecule has 0 aromatic heterocycles. The number of rotatable bonds is 15. The lowest BCUT2D eigenvalue weighted by atomic mass is 10.1. The third-order valence-corrected chi connectivity index (χ3v) is 6.99. The van der Waals surface area contributed by atoms with Crippen molar-refractivity contribution in [2.75, 3.05) is 21.3 Å². The first kappa shape index (κ1) is 22.3. The fraction of sp³-hybridized carbons (Fsp3) is 0.824. The van der Waals surface area contributed by atoms with Crippen LogP contribution in [0.5, 0.6) is 0 Å². The van der Waals surface area contributed by atoms with Gasteiger partial charge in [-0.05, 0) is 26.2 Å². The van der Waals surface area contributed by atoms with Gasteiger partial charge in [-0.2, -0.15) is 0 Å². The fourth-order valence-corrected chi connectivity index (χ4v) is 4.30. The SMILES string of the molecule is CO[Si](CCCCCCCCCCC=C(C)C(=O)O)(OC)OC. The van der Waals surface area contributed by atoms with Gasteiger partial charge in [-0.1, -0.05) is 44.6 Å². The number of aliphatic carboxylic acids is 1. The molecule has 0 heterocycles. The molecule has 0 aliphatic rings. The van der Waals surface area contributed by atoms with Crippen LogP contribution in [0.25, 0.3) is 0 Å². The van der Waals surface area contributed by atoms with E-state index in [1.165, 1.54) is 38.5 Å². The van der Waals surface area contributed by atoms with E-state index in [4.69, 9.17) is 18.4 Å². The third-order valence-electron chi connectivity index (χ3n) is 4.16. The second-order valence-corrected chi connectivity index (χ2v) is 8.95. The third kappa shape index (κ3) is 10.7. The Morgan fingerprint density at radius 2 is 1.30 bits per heavy atom. The molecule has 5 nitrogen and oxygen atoms in total. The maximum atomic E-state index is 10.6. The molecule has 0 saturated carbocycles. The van der Waals surface area contributed by atoms with Crippen molar-refractivity contribution in [1.29, 1.82) is 0 Å². The van der Waals surface area contributed by atoms with Crippen LogP contribution in [0.4, 0.5) is 0 Å². The Balaban J connectivity index is 3.47. The van der Waals surface area contributed by atoms with E-state index in [0.29, 0.717) is 5.57 Å². The van der Waals surface area contributed by atoms with E-state index >= 15 is 0 Å². The molecule has 0 amide bonds. The van der Waals surface area contributed by atoms with Crippen molar-refractivity contribution in [3.05, 3.63) is 11.6 Å². The minimum Gasteiger partial charge on any atom is -0.478 e. The topological polar surface area (TPSA) is 65.0 Å². The number of carboxylic acids is 1. The molecule has 0 fully saturated rings. The van der Waals surface area contributed by atoms with E-state index < -0.39 is 14.8 Å². The molecule has 0 spiro atoms. The van der Waals surface area contributed by atoms with Crippen LogP contribution in [0.3, 0.4) is 0 Å². The largest absolute Gasteiger partial charge is 0.500 e. The highest BCUT2D eigenvalue weighted by Gasteiger charge is 2.36. The minimum absolute atomic E-state index is 0.452.